The van der Waals surface area contributed by atoms with Gasteiger partial charge < -0.3 is 5.32 Å². The Balaban J connectivity index is 1.62. The molecule has 3 heterocycles. The van der Waals surface area contributed by atoms with Crippen molar-refractivity contribution in [1.29, 1.82) is 0 Å². The van der Waals surface area contributed by atoms with E-state index in [1.165, 1.54) is 10.3 Å². The van der Waals surface area contributed by atoms with Crippen molar-refractivity contribution in [3.05, 3.63) is 65.0 Å². The quantitative estimate of drug-likeness (QED) is 0.436. The van der Waals surface area contributed by atoms with E-state index in [0.717, 1.165) is 39.1 Å². The zero-order chi connectivity index (χ0) is 19.1. The van der Waals surface area contributed by atoms with Crippen LogP contribution in [0, 0.1) is 0 Å². The van der Waals surface area contributed by atoms with Gasteiger partial charge in [0.05, 0.1) is 11.2 Å². The van der Waals surface area contributed by atoms with Crippen LogP contribution < -0.4 is 5.32 Å². The molecular formula is C22H19N5S. The highest BCUT2D eigenvalue weighted by atomic mass is 32.1. The van der Waals surface area contributed by atoms with Gasteiger partial charge >= 0.3 is 0 Å². The van der Waals surface area contributed by atoms with Gasteiger partial charge in [0, 0.05) is 26.7 Å². The van der Waals surface area contributed by atoms with Crippen molar-refractivity contribution in [2.45, 2.75) is 19.8 Å². The Labute approximate surface area is 166 Å². The summed E-state index contributed by atoms with van der Waals surface area (Å²) in [7, 11) is 0. The number of rotatable bonds is 4. The number of hydrogen-bond donors (Lipinski definition) is 1. The van der Waals surface area contributed by atoms with Gasteiger partial charge in [-0.2, -0.15) is 5.11 Å². The highest BCUT2D eigenvalue weighted by Gasteiger charge is 2.14. The molecule has 1 N–H and O–H groups in total. The highest BCUT2D eigenvalue weighted by molar-refractivity contribution is 7.18. The van der Waals surface area contributed by atoms with Crippen molar-refractivity contribution in [3.8, 4) is 0 Å². The van der Waals surface area contributed by atoms with Gasteiger partial charge in [0.1, 0.15) is 12.4 Å². The van der Waals surface area contributed by atoms with Crippen molar-refractivity contribution < 1.29 is 0 Å². The molecule has 0 saturated carbocycles. The van der Waals surface area contributed by atoms with Gasteiger partial charge in [-0.15, -0.1) is 16.4 Å². The molecule has 2 aromatic carbocycles. The Kier molecular flexibility index (Phi) is 4.13. The lowest BCUT2D eigenvalue weighted by Gasteiger charge is -2.12. The van der Waals surface area contributed by atoms with Crippen molar-refractivity contribution in [1.82, 2.24) is 4.98 Å². The smallest absolute Gasteiger partial charge is 0.139 e. The first-order valence-electron chi connectivity index (χ1n) is 9.31. The summed E-state index contributed by atoms with van der Waals surface area (Å²) in [4.78, 5) is 4.96. The van der Waals surface area contributed by atoms with Crippen molar-refractivity contribution in [2.75, 3.05) is 11.9 Å². The first kappa shape index (κ1) is 17.0. The van der Waals surface area contributed by atoms with Crippen LogP contribution in [0.4, 0.5) is 11.5 Å². The minimum atomic E-state index is 0.484. The van der Waals surface area contributed by atoms with E-state index >= 15 is 0 Å². The van der Waals surface area contributed by atoms with Crippen molar-refractivity contribution in [3.63, 3.8) is 0 Å². The first-order chi connectivity index (χ1) is 13.7. The van der Waals surface area contributed by atoms with Gasteiger partial charge in [0.2, 0.25) is 0 Å². The third-order valence-corrected chi connectivity index (χ3v) is 5.94. The summed E-state index contributed by atoms with van der Waals surface area (Å²) in [5.41, 5.74) is 5.22. The first-order valence-corrected chi connectivity index (χ1v) is 10.2. The van der Waals surface area contributed by atoms with Crippen LogP contribution in [-0.4, -0.2) is 17.2 Å². The minimum absolute atomic E-state index is 0.484. The fourth-order valence-corrected chi connectivity index (χ4v) is 4.38. The van der Waals surface area contributed by atoms with Crippen LogP contribution in [0.5, 0.6) is 0 Å². The largest absolute Gasteiger partial charge is 0.340 e. The lowest BCUT2D eigenvalue weighted by Crippen LogP contribution is -2.02. The number of pyridine rings is 1. The third kappa shape index (κ3) is 2.96. The van der Waals surface area contributed by atoms with Gasteiger partial charge in [-0.25, -0.2) is 4.98 Å². The van der Waals surface area contributed by atoms with Crippen molar-refractivity contribution in [2.24, 2.45) is 15.4 Å². The molecule has 0 radical (unpaired) electrons. The molecule has 0 bridgehead atoms. The van der Waals surface area contributed by atoms with Gasteiger partial charge in [0.25, 0.3) is 0 Å². The second-order valence-electron chi connectivity index (χ2n) is 7.20. The second kappa shape index (κ2) is 6.80. The molecule has 138 valence electrons. The van der Waals surface area contributed by atoms with Crippen LogP contribution in [0.2, 0.25) is 0 Å². The Bertz CT molecular complexity index is 1250. The molecule has 0 aliphatic carbocycles. The topological polar surface area (TPSA) is 62.0 Å². The monoisotopic (exact) mass is 385 g/mol. The summed E-state index contributed by atoms with van der Waals surface area (Å²) >= 11 is 1.74. The zero-order valence-corrected chi connectivity index (χ0v) is 16.5. The number of benzene rings is 2. The molecule has 28 heavy (non-hydrogen) atoms. The predicted octanol–water partition coefficient (Wildman–Crippen LogP) is 6.49. The fraction of sp³-hybridized carbons (Fsp3) is 0.182. The summed E-state index contributed by atoms with van der Waals surface area (Å²) in [6.07, 6.45) is 0. The molecule has 0 amide bonds. The van der Waals surface area contributed by atoms with E-state index in [2.05, 4.69) is 88.5 Å². The number of hydrogen-bond acceptors (Lipinski definition) is 6. The molecule has 0 saturated heterocycles. The molecule has 5 nitrogen and oxygen atoms in total. The highest BCUT2D eigenvalue weighted by Crippen LogP contribution is 2.35. The molecular weight excluding hydrogens is 366 g/mol. The fourth-order valence-electron chi connectivity index (χ4n) is 3.45. The number of aromatic nitrogens is 1. The molecule has 2 aromatic heterocycles. The van der Waals surface area contributed by atoms with Crippen LogP contribution in [0.1, 0.15) is 30.9 Å². The summed E-state index contributed by atoms with van der Waals surface area (Å²) < 4.78 is 1.24. The lowest BCUT2D eigenvalue weighted by atomic mass is 10.0. The molecule has 0 unspecified atom stereocenters. The van der Waals surface area contributed by atoms with Crippen LogP contribution in [0.25, 0.3) is 21.0 Å². The minimum Gasteiger partial charge on any atom is -0.340 e. The van der Waals surface area contributed by atoms with Gasteiger partial charge in [-0.05, 0) is 46.4 Å². The maximum atomic E-state index is 4.96. The van der Waals surface area contributed by atoms with E-state index in [4.69, 9.17) is 4.98 Å². The summed E-state index contributed by atoms with van der Waals surface area (Å²) in [5.74, 6) is 1.36. The molecule has 0 atom stereocenters. The molecule has 0 fully saturated rings. The summed E-state index contributed by atoms with van der Waals surface area (Å²) in [6, 6.07) is 17.0. The average Bonchev–Trinajstić information content (AvgIpc) is 3.40. The van der Waals surface area contributed by atoms with Crippen LogP contribution >= 0.6 is 11.3 Å². The van der Waals surface area contributed by atoms with Gasteiger partial charge in [-0.3, -0.25) is 0 Å². The van der Waals surface area contributed by atoms with Gasteiger partial charge in [0.15, 0.2) is 0 Å². The number of fused-ring (bicyclic) bond motifs is 3. The standard InChI is InChI=1S/C22H19N5S/c1-13(2)14-4-3-5-16(10-14)24-22-18-8-9-28-21(18)17-7-6-15(11-19(17)25-22)20-12-23-27-26-20/h3-11,13H,12H2,1-2H3,(H,24,25). The SMILES string of the molecule is CC(C)c1cccc(Nc2nc3cc(C4=NN=NC4)ccc3c3sccc23)c1. The number of thiophene rings is 1. The van der Waals surface area contributed by atoms with E-state index in [1.807, 2.05) is 0 Å². The van der Waals surface area contributed by atoms with Crippen LogP contribution in [0.15, 0.2) is 69.3 Å². The molecule has 6 heteroatoms. The van der Waals surface area contributed by atoms with Crippen LogP contribution in [-0.2, 0) is 0 Å². The number of nitrogens with one attached hydrogen (secondary N) is 1. The van der Waals surface area contributed by atoms with E-state index in [9.17, 15) is 0 Å². The Morgan fingerprint density at radius 1 is 1.04 bits per heavy atom. The molecule has 1 aliphatic heterocycles. The van der Waals surface area contributed by atoms with E-state index in [-0.39, 0.29) is 0 Å². The maximum absolute atomic E-state index is 4.96. The Hall–Kier alpha value is -3.12. The zero-order valence-electron chi connectivity index (χ0n) is 15.7. The normalized spacial score (nSPS) is 13.6. The summed E-state index contributed by atoms with van der Waals surface area (Å²) in [6.45, 7) is 4.94. The lowest BCUT2D eigenvalue weighted by molar-refractivity contribution is 0.867. The molecule has 1 aliphatic rings. The number of nitrogens with zero attached hydrogens (tertiary/aromatic N) is 4. The second-order valence-corrected chi connectivity index (χ2v) is 8.11. The predicted molar refractivity (Wildman–Crippen MR) is 117 cm³/mol. The molecule has 5 rings (SSSR count). The van der Waals surface area contributed by atoms with Crippen LogP contribution in [0.3, 0.4) is 0 Å². The Morgan fingerprint density at radius 2 is 1.96 bits per heavy atom. The summed E-state index contributed by atoms with van der Waals surface area (Å²) in [5, 5.41) is 19.8. The van der Waals surface area contributed by atoms with Gasteiger partial charge in [-0.1, -0.05) is 38.1 Å². The van der Waals surface area contributed by atoms with E-state index < -0.39 is 0 Å². The van der Waals surface area contributed by atoms with Crippen molar-refractivity contribution >= 4 is 49.5 Å². The number of anilines is 2. The van der Waals surface area contributed by atoms with E-state index in [0.29, 0.717) is 12.5 Å². The average molecular weight is 385 g/mol. The van der Waals surface area contributed by atoms with E-state index in [1.54, 1.807) is 11.3 Å². The molecule has 0 spiro atoms. The maximum Gasteiger partial charge on any atom is 0.139 e. The molecule has 4 aromatic rings. The Morgan fingerprint density at radius 3 is 2.79 bits per heavy atom. The third-order valence-electron chi connectivity index (χ3n) is 4.99.